The van der Waals surface area contributed by atoms with Crippen molar-refractivity contribution in [2.75, 3.05) is 0 Å². The molecule has 0 aliphatic rings. The maximum Gasteiger partial charge on any atom is 0.0540 e. The van der Waals surface area contributed by atoms with Gasteiger partial charge in [-0.3, -0.25) is 0 Å². The van der Waals surface area contributed by atoms with Crippen LogP contribution in [0, 0.1) is 0 Å². The van der Waals surface area contributed by atoms with Gasteiger partial charge in [-0.15, -0.1) is 0 Å². The second-order valence-corrected chi connectivity index (χ2v) is 15.3. The first-order chi connectivity index (χ1) is 24.8. The fourth-order valence-corrected chi connectivity index (χ4v) is 7.20. The van der Waals surface area contributed by atoms with Gasteiger partial charge in [-0.05, 0) is 101 Å². The van der Waals surface area contributed by atoms with Gasteiger partial charge in [0.25, 0.3) is 0 Å². The third-order valence-corrected chi connectivity index (χ3v) is 10.5. The summed E-state index contributed by atoms with van der Waals surface area (Å²) < 4.78 is 0. The molecule has 0 amide bonds. The summed E-state index contributed by atoms with van der Waals surface area (Å²) in [6.45, 7) is 0. The summed E-state index contributed by atoms with van der Waals surface area (Å²) in [6.07, 6.45) is 51.5. The number of hydrogen-bond acceptors (Lipinski definition) is 1. The number of aryl methyl sites for hydroxylation is 2. The second-order valence-electron chi connectivity index (χ2n) is 15.3. The molecule has 0 fully saturated rings. The second kappa shape index (κ2) is 35.3. The van der Waals surface area contributed by atoms with Crippen molar-refractivity contribution in [3.8, 4) is 0 Å². The standard InChI is InChI=1S/C49H80O/c50-49(45-37-27-23-19-15-11-7-3-1-5-9-13-17-21-25-31-39-47-41-33-29-34-42-47)46-38-28-24-20-16-12-8-4-2-6-10-14-18-22-26-32-40-48-43-35-30-36-44-48/h1-4,29-30,33-36,41-44,49-50H,5-28,31-32,37-40,45-46H2. The van der Waals surface area contributed by atoms with Gasteiger partial charge in [-0.2, -0.15) is 0 Å². The molecular weight excluding hydrogens is 605 g/mol. The van der Waals surface area contributed by atoms with E-state index in [1.807, 2.05) is 0 Å². The summed E-state index contributed by atoms with van der Waals surface area (Å²) in [5.41, 5.74) is 2.98. The molecule has 0 radical (unpaired) electrons. The van der Waals surface area contributed by atoms with Crippen LogP contribution in [0.2, 0.25) is 0 Å². The van der Waals surface area contributed by atoms with E-state index in [0.717, 1.165) is 12.8 Å². The van der Waals surface area contributed by atoms with Gasteiger partial charge < -0.3 is 5.11 Å². The van der Waals surface area contributed by atoms with Crippen molar-refractivity contribution in [1.29, 1.82) is 0 Å². The Morgan fingerprint density at radius 2 is 0.580 bits per heavy atom. The Labute approximate surface area is 311 Å². The number of unbranched alkanes of at least 4 members (excludes halogenated alkanes) is 24. The van der Waals surface area contributed by atoms with E-state index in [1.165, 1.54) is 204 Å². The maximum atomic E-state index is 10.4. The molecule has 2 rings (SSSR count). The van der Waals surface area contributed by atoms with Crippen LogP contribution in [0.3, 0.4) is 0 Å². The summed E-state index contributed by atoms with van der Waals surface area (Å²) in [4.78, 5) is 0. The van der Waals surface area contributed by atoms with Crippen LogP contribution in [0.5, 0.6) is 0 Å². The van der Waals surface area contributed by atoms with Crippen LogP contribution in [0.4, 0.5) is 0 Å². The third-order valence-electron chi connectivity index (χ3n) is 10.5. The van der Waals surface area contributed by atoms with Crippen molar-refractivity contribution in [2.24, 2.45) is 0 Å². The molecule has 282 valence electrons. The van der Waals surface area contributed by atoms with E-state index < -0.39 is 0 Å². The molecule has 2 aromatic rings. The van der Waals surface area contributed by atoms with Gasteiger partial charge in [0.05, 0.1) is 6.10 Å². The lowest BCUT2D eigenvalue weighted by atomic mass is 10.0. The first-order valence-electron chi connectivity index (χ1n) is 21.9. The lowest BCUT2D eigenvalue weighted by Crippen LogP contribution is -2.05. The van der Waals surface area contributed by atoms with Crippen molar-refractivity contribution < 1.29 is 5.11 Å². The summed E-state index contributed by atoms with van der Waals surface area (Å²) >= 11 is 0. The van der Waals surface area contributed by atoms with E-state index in [9.17, 15) is 5.11 Å². The fourth-order valence-electron chi connectivity index (χ4n) is 7.20. The van der Waals surface area contributed by atoms with Crippen LogP contribution < -0.4 is 0 Å². The lowest BCUT2D eigenvalue weighted by Gasteiger charge is -2.10. The highest BCUT2D eigenvalue weighted by Crippen LogP contribution is 2.16. The van der Waals surface area contributed by atoms with Gasteiger partial charge in [0.15, 0.2) is 0 Å². The van der Waals surface area contributed by atoms with E-state index in [0.29, 0.717) is 0 Å². The summed E-state index contributed by atoms with van der Waals surface area (Å²) in [5, 5.41) is 10.4. The average molecular weight is 685 g/mol. The van der Waals surface area contributed by atoms with Crippen LogP contribution >= 0.6 is 0 Å². The molecule has 0 unspecified atom stereocenters. The number of aliphatic hydroxyl groups excluding tert-OH is 1. The number of allylic oxidation sites excluding steroid dienone is 4. The van der Waals surface area contributed by atoms with Crippen molar-refractivity contribution in [3.63, 3.8) is 0 Å². The zero-order valence-corrected chi connectivity index (χ0v) is 32.7. The summed E-state index contributed by atoms with van der Waals surface area (Å²) in [6, 6.07) is 21.8. The van der Waals surface area contributed by atoms with Crippen LogP contribution in [-0.2, 0) is 12.8 Å². The van der Waals surface area contributed by atoms with Gasteiger partial charge in [0, 0.05) is 0 Å². The molecule has 1 nitrogen and oxygen atoms in total. The Morgan fingerprint density at radius 3 is 0.900 bits per heavy atom. The normalized spacial score (nSPS) is 12.4. The van der Waals surface area contributed by atoms with Crippen molar-refractivity contribution in [2.45, 2.75) is 212 Å². The van der Waals surface area contributed by atoms with Crippen LogP contribution in [-0.4, -0.2) is 11.2 Å². The molecule has 1 heteroatoms. The number of aliphatic hydroxyl groups is 1. The Kier molecular flexibility index (Phi) is 31.1. The van der Waals surface area contributed by atoms with E-state index in [4.69, 9.17) is 0 Å². The first-order valence-corrected chi connectivity index (χ1v) is 21.9. The monoisotopic (exact) mass is 685 g/mol. The first kappa shape index (κ1) is 44.0. The average Bonchev–Trinajstić information content (AvgIpc) is 3.14. The molecule has 0 aromatic heterocycles. The molecule has 0 saturated heterocycles. The van der Waals surface area contributed by atoms with Crippen LogP contribution in [0.25, 0.3) is 0 Å². The van der Waals surface area contributed by atoms with Crippen molar-refractivity contribution in [3.05, 3.63) is 96.1 Å². The predicted octanol–water partition coefficient (Wildman–Crippen LogP) is 15.6. The molecular formula is C49H80O. The zero-order chi connectivity index (χ0) is 35.3. The van der Waals surface area contributed by atoms with Crippen molar-refractivity contribution >= 4 is 0 Å². The van der Waals surface area contributed by atoms with E-state index in [2.05, 4.69) is 85.0 Å². The zero-order valence-electron chi connectivity index (χ0n) is 32.7. The largest absolute Gasteiger partial charge is 0.393 e. The molecule has 0 atom stereocenters. The van der Waals surface area contributed by atoms with Crippen LogP contribution in [0.1, 0.15) is 204 Å². The lowest BCUT2D eigenvalue weighted by molar-refractivity contribution is 0.147. The highest BCUT2D eigenvalue weighted by atomic mass is 16.3. The van der Waals surface area contributed by atoms with Gasteiger partial charge in [-0.25, -0.2) is 0 Å². The smallest absolute Gasteiger partial charge is 0.0540 e. The van der Waals surface area contributed by atoms with E-state index in [1.54, 1.807) is 0 Å². The Morgan fingerprint density at radius 1 is 0.320 bits per heavy atom. The summed E-state index contributed by atoms with van der Waals surface area (Å²) in [7, 11) is 0. The van der Waals surface area contributed by atoms with Crippen molar-refractivity contribution in [1.82, 2.24) is 0 Å². The quantitative estimate of drug-likeness (QED) is 0.0559. The van der Waals surface area contributed by atoms with E-state index >= 15 is 0 Å². The van der Waals surface area contributed by atoms with Crippen LogP contribution in [0.15, 0.2) is 85.0 Å². The topological polar surface area (TPSA) is 20.2 Å². The minimum atomic E-state index is -0.0652. The maximum absolute atomic E-state index is 10.4. The predicted molar refractivity (Wildman–Crippen MR) is 223 cm³/mol. The molecule has 1 N–H and O–H groups in total. The minimum absolute atomic E-state index is 0.0652. The SMILES string of the molecule is OC(CCCCCCCCC=CCCCCCCCCc1ccccc1)CCCCCCCCC=CCCCCCCCCc1ccccc1. The van der Waals surface area contributed by atoms with Gasteiger partial charge >= 0.3 is 0 Å². The fraction of sp³-hybridized carbons (Fsp3) is 0.673. The Hall–Kier alpha value is -2.12. The molecule has 0 heterocycles. The molecule has 0 spiro atoms. The number of benzene rings is 2. The molecule has 0 aliphatic carbocycles. The minimum Gasteiger partial charge on any atom is -0.393 e. The summed E-state index contributed by atoms with van der Waals surface area (Å²) in [5.74, 6) is 0. The molecule has 50 heavy (non-hydrogen) atoms. The molecule has 0 aliphatic heterocycles. The number of hydrogen-bond donors (Lipinski definition) is 1. The van der Waals surface area contributed by atoms with Gasteiger partial charge in [-0.1, -0.05) is 201 Å². The highest BCUT2D eigenvalue weighted by Gasteiger charge is 2.04. The highest BCUT2D eigenvalue weighted by molar-refractivity contribution is 5.15. The molecule has 0 saturated carbocycles. The Balaban J connectivity index is 1.19. The Bertz CT molecular complexity index is 911. The third kappa shape index (κ3) is 29.6. The van der Waals surface area contributed by atoms with Gasteiger partial charge in [0.1, 0.15) is 0 Å². The van der Waals surface area contributed by atoms with E-state index in [-0.39, 0.29) is 6.10 Å². The number of rotatable bonds is 36. The van der Waals surface area contributed by atoms with Gasteiger partial charge in [0.2, 0.25) is 0 Å². The molecule has 2 aromatic carbocycles. The molecule has 0 bridgehead atoms.